The second kappa shape index (κ2) is 108. The summed E-state index contributed by atoms with van der Waals surface area (Å²) in [6.07, 6.45) is 2.02. The van der Waals surface area contributed by atoms with Crippen molar-refractivity contribution < 1.29 is 188 Å². The largest absolute Gasteiger partial charge is 0 e. The van der Waals surface area contributed by atoms with Crippen molar-refractivity contribution in [3.05, 3.63) is 83.9 Å². The quantitative estimate of drug-likeness (QED) is 0.378. The fourth-order valence-corrected chi connectivity index (χ4v) is 1.45. The van der Waals surface area contributed by atoms with Crippen molar-refractivity contribution in [1.82, 2.24) is 0 Å². The van der Waals surface area contributed by atoms with Crippen LogP contribution in [0.25, 0.3) is 5.32 Å². The molecular formula is C15H31NW9Y-12. The summed E-state index contributed by atoms with van der Waals surface area (Å²) in [6.45, 7) is 0. The average molecular weight is 1970 g/mol. The Labute approximate surface area is 285 Å². The number of nitrogens with zero attached hydrogens (tertiary/aromatic N) is 1. The van der Waals surface area contributed by atoms with Crippen molar-refractivity contribution in [1.29, 1.82) is 0 Å². The molecule has 165 valence electrons. The molecule has 0 aliphatic rings. The molecular weight excluding hydrogens is 1940 g/mol. The Hall–Kier alpha value is 6.45. The van der Waals surface area contributed by atoms with Crippen LogP contribution in [0.3, 0.4) is 0 Å². The van der Waals surface area contributed by atoms with Gasteiger partial charge in [0, 0.05) is 32.7 Å². The predicted molar refractivity (Wildman–Crippen MR) is 90.1 cm³/mol. The van der Waals surface area contributed by atoms with Crippen LogP contribution in [0.5, 0.6) is 0 Å². The Morgan fingerprint density at radius 2 is 0.885 bits per heavy atom. The molecule has 0 saturated carbocycles. The van der Waals surface area contributed by atoms with Gasteiger partial charge in [0.2, 0.25) is 0 Å². The van der Waals surface area contributed by atoms with Crippen LogP contribution in [-0.4, -0.2) is 19.7 Å². The first-order chi connectivity index (χ1) is 7.74. The minimum absolute atomic E-state index is 0. The van der Waals surface area contributed by atoms with E-state index >= 15 is 0 Å². The Kier molecular flexibility index (Phi) is 391. The predicted octanol–water partition coefficient (Wildman–Crippen LogP) is 4.08. The van der Waals surface area contributed by atoms with Gasteiger partial charge in [-0.3, -0.25) is 0 Å². The summed E-state index contributed by atoms with van der Waals surface area (Å²) >= 11 is 14.1. The van der Waals surface area contributed by atoms with Crippen LogP contribution in [0.15, 0.2) is 11.8 Å². The van der Waals surface area contributed by atoms with Crippen molar-refractivity contribution >= 4 is 12.7 Å². The molecule has 0 N–H and O–H groups in total. The van der Waals surface area contributed by atoms with Crippen LogP contribution >= 0.6 is 0 Å². The molecule has 11 heteroatoms. The summed E-state index contributed by atoms with van der Waals surface area (Å²) in [5, 5.41) is 4.03. The second-order valence-electron chi connectivity index (χ2n) is 1.32. The molecule has 0 atom stereocenters. The topological polar surface area (TPSA) is 14.1 Å². The number of allylic oxidation sites excluding steroid dienone is 2. The van der Waals surface area contributed by atoms with Crippen molar-refractivity contribution in [2.24, 2.45) is 0 Å². The van der Waals surface area contributed by atoms with E-state index in [9.17, 15) is 0 Å². The molecule has 0 unspecified atom stereocenters. The fourth-order valence-electron chi connectivity index (χ4n) is 0.293. The first kappa shape index (κ1) is 94.3. The fraction of sp³-hybridized carbons (Fsp3) is 0.0667. The third kappa shape index (κ3) is 97.6. The van der Waals surface area contributed by atoms with Crippen molar-refractivity contribution in [2.75, 3.05) is 7.05 Å². The van der Waals surface area contributed by atoms with E-state index in [0.717, 1.165) is 5.70 Å². The molecule has 0 aromatic rings. The molecule has 1 nitrogen and oxygen atoms in total. The van der Waals surface area contributed by atoms with E-state index < -0.39 is 0 Å². The molecule has 0 bridgehead atoms. The van der Waals surface area contributed by atoms with Gasteiger partial charge in [-0.1, -0.05) is 0 Å². The maximum atomic E-state index is 4.03. The molecule has 0 fully saturated rings. The standard InChI is InChI=1S/C6H4N.9CH3.9W.Y/c1-4-5-6(2)7-3;;;;;;;;;;;;;;;;;;;/h5H,3H3;9*1H3;;;;;;;;;;/q-3;9*-1;;;;;;;;;;/b6-5-;;;;;;;;;;;;;;;;;;;. The van der Waals surface area contributed by atoms with E-state index in [4.69, 9.17) is 0 Å². The van der Waals surface area contributed by atoms with Crippen molar-refractivity contribution in [3.63, 3.8) is 0 Å². The van der Waals surface area contributed by atoms with E-state index in [0.29, 0.717) is 0 Å². The van der Waals surface area contributed by atoms with Gasteiger partial charge in [0.05, 0.1) is 0 Å². The van der Waals surface area contributed by atoms with Gasteiger partial charge in [-0.25, -0.2) is 0 Å². The third-order valence-corrected chi connectivity index (χ3v) is 5.06. The van der Waals surface area contributed by atoms with Gasteiger partial charge < -0.3 is 66.8 Å². The zero-order valence-electron chi connectivity index (χ0n) is 17.3. The van der Waals surface area contributed by atoms with E-state index in [-0.39, 0.29) is 99.5 Å². The summed E-state index contributed by atoms with van der Waals surface area (Å²) in [5.74, 6) is 0. The third-order valence-electron chi connectivity index (χ3n) is 0.714. The zero-order chi connectivity index (χ0) is 14.0. The van der Waals surface area contributed by atoms with E-state index in [1.54, 1.807) is 104 Å². The second-order valence-corrected chi connectivity index (χ2v) is 4.37. The first-order valence-electron chi connectivity index (χ1n) is 2.86. The monoisotopic (exact) mass is 1970 g/mol. The van der Waals surface area contributed by atoms with E-state index in [2.05, 4.69) is 14.1 Å². The summed E-state index contributed by atoms with van der Waals surface area (Å²) in [7, 11) is 1.78. The van der Waals surface area contributed by atoms with Crippen LogP contribution in [0, 0.1) is 66.8 Å². The van der Waals surface area contributed by atoms with Crippen LogP contribution < -0.4 is 0 Å². The molecule has 0 aromatic heterocycles. The maximum Gasteiger partial charge on any atom is 0 e. The molecule has 0 aliphatic heterocycles. The summed E-state index contributed by atoms with van der Waals surface area (Å²) in [5.41, 5.74) is 0.953. The van der Waals surface area contributed by atoms with Gasteiger partial charge in [0.25, 0.3) is 0 Å². The molecule has 0 aliphatic carbocycles. The Morgan fingerprint density at radius 1 is 0.654 bits per heavy atom. The van der Waals surface area contributed by atoms with Crippen LogP contribution in [0.1, 0.15) is 0 Å². The summed E-state index contributed by atoms with van der Waals surface area (Å²) in [4.78, 5) is 0. The van der Waals surface area contributed by atoms with Gasteiger partial charge in [0.15, 0.2) is 0 Å². The first-order valence-corrected chi connectivity index (χ1v) is 40.3. The van der Waals surface area contributed by atoms with E-state index in [1.807, 2.05) is 6.08 Å². The van der Waals surface area contributed by atoms with Gasteiger partial charge in [-0.05, 0) is 0 Å². The number of hydrogen-bond donors (Lipinski definition) is 0. The Balaban J connectivity index is -0.00000000687. The molecule has 0 heterocycles. The van der Waals surface area contributed by atoms with Crippen molar-refractivity contribution in [3.8, 4) is 0 Å². The summed E-state index contributed by atoms with van der Waals surface area (Å²) in [6, 6.07) is 0. The SMILES string of the molecule is C[N-]/C([C-]=[W])=C\[C](=[W])[C-]=[W].[CH3-].[CH3-].[CH3-].[CH3-].[CH3-].[CH3-].[CH3-].[CH3-].[CH3-].[W]=[W].[W]=[W].[W]=[W].[Y]. The molecule has 0 amide bonds. The van der Waals surface area contributed by atoms with Crippen LogP contribution in [-0.2, 0) is 188 Å². The number of hydrogen-bond acceptors (Lipinski definition) is 0. The average Bonchev–Trinajstić information content (AvgIpc) is 2.42. The molecule has 26 heavy (non-hydrogen) atoms. The number of rotatable bonds is 4. The maximum absolute atomic E-state index is 4.03. The van der Waals surface area contributed by atoms with Crippen LogP contribution in [0.4, 0.5) is 0 Å². The van der Waals surface area contributed by atoms with Gasteiger partial charge >= 0.3 is 192 Å². The Bertz CT molecular complexity index is 236. The molecule has 0 spiro atoms. The molecule has 0 saturated heterocycles. The molecule has 0 aromatic carbocycles. The minimum Gasteiger partial charge on any atom is 0 e. The Morgan fingerprint density at radius 3 is 1.00 bits per heavy atom. The summed E-state index contributed by atoms with van der Waals surface area (Å²) < 4.78 is 7.42. The smallest absolute Gasteiger partial charge is 0 e. The van der Waals surface area contributed by atoms with Gasteiger partial charge in [0.1, 0.15) is 0 Å². The molecule has 1 radical (unpaired) electrons. The van der Waals surface area contributed by atoms with Crippen molar-refractivity contribution in [2.45, 2.75) is 0 Å². The molecule has 0 rings (SSSR count). The van der Waals surface area contributed by atoms with Gasteiger partial charge in [-0.15, -0.1) is 0 Å². The van der Waals surface area contributed by atoms with Gasteiger partial charge in [-0.2, -0.15) is 0 Å². The van der Waals surface area contributed by atoms with E-state index in [1.165, 1.54) is 62.0 Å². The minimum atomic E-state index is 0. The van der Waals surface area contributed by atoms with Crippen LogP contribution in [0.2, 0.25) is 0 Å². The zero-order valence-corrected chi connectivity index (χ0v) is 46.5. The normalized spacial score (nSPS) is 4.42.